The molecule has 0 bridgehead atoms. The molecule has 0 aromatic carbocycles. The van der Waals surface area contributed by atoms with Crippen molar-refractivity contribution in [3.8, 4) is 0 Å². The highest BCUT2D eigenvalue weighted by Crippen LogP contribution is 2.44. The summed E-state index contributed by atoms with van der Waals surface area (Å²) in [6, 6.07) is 1.24. The number of rotatable bonds is 9. The van der Waals surface area contributed by atoms with Crippen molar-refractivity contribution < 1.29 is 35.8 Å². The molecule has 12 heteroatoms. The normalized spacial score (nSPS) is 23.5. The van der Waals surface area contributed by atoms with Gasteiger partial charge in [0, 0.05) is 25.9 Å². The molecule has 9 nitrogen and oxygen atoms in total. The summed E-state index contributed by atoms with van der Waals surface area (Å²) >= 11 is 0.620. The molecule has 0 spiro atoms. The number of primary sulfonamides is 1. The van der Waals surface area contributed by atoms with Crippen molar-refractivity contribution in [1.29, 1.82) is 0 Å². The Morgan fingerprint density at radius 1 is 1.35 bits per heavy atom. The number of sulfone groups is 1. The highest BCUT2D eigenvalue weighted by atomic mass is 32.3. The molecule has 2 N–H and O–H groups in total. The molecule has 0 fully saturated rings. The summed E-state index contributed by atoms with van der Waals surface area (Å²) in [5.74, 6) is 0. The highest BCUT2D eigenvalue weighted by molar-refractivity contribution is 7.95. The van der Waals surface area contributed by atoms with Gasteiger partial charge in [-0.05, 0) is 26.3 Å². The zero-order valence-electron chi connectivity index (χ0n) is 14.7. The first kappa shape index (κ1) is 21.7. The third-order valence-corrected chi connectivity index (χ3v) is 9.05. The summed E-state index contributed by atoms with van der Waals surface area (Å²) in [6.07, 6.45) is -0.648. The van der Waals surface area contributed by atoms with Crippen molar-refractivity contribution in [2.24, 2.45) is 5.14 Å². The van der Waals surface area contributed by atoms with Crippen LogP contribution in [0.1, 0.15) is 31.9 Å². The standard InChI is InChI=1S/C14H23NO8S3/c1-4-21-8-9-6-11(23-14(20-3)22-5-2)10-7-12(26(15,18)19)24-13(10)25(9,16)17/h7,9,11,14H,4-6,8H2,1-3H3,(H2,15,18,19). The van der Waals surface area contributed by atoms with Crippen molar-refractivity contribution in [3.63, 3.8) is 0 Å². The van der Waals surface area contributed by atoms with E-state index in [2.05, 4.69) is 0 Å². The van der Waals surface area contributed by atoms with E-state index in [9.17, 15) is 16.8 Å². The molecular weight excluding hydrogens is 406 g/mol. The van der Waals surface area contributed by atoms with E-state index in [1.54, 1.807) is 13.8 Å². The van der Waals surface area contributed by atoms with E-state index in [0.717, 1.165) is 0 Å². The molecule has 2 rings (SSSR count). The maximum absolute atomic E-state index is 12.9. The first-order valence-corrected chi connectivity index (χ1v) is 11.8. The fourth-order valence-corrected chi connectivity index (χ4v) is 7.07. The summed E-state index contributed by atoms with van der Waals surface area (Å²) in [5, 5.41) is 4.30. The molecule has 150 valence electrons. The Labute approximate surface area is 157 Å². The zero-order valence-corrected chi connectivity index (χ0v) is 17.2. The van der Waals surface area contributed by atoms with Crippen LogP contribution in [0.2, 0.25) is 0 Å². The van der Waals surface area contributed by atoms with E-state index in [4.69, 9.17) is 24.1 Å². The van der Waals surface area contributed by atoms with Gasteiger partial charge in [-0.3, -0.25) is 0 Å². The smallest absolute Gasteiger partial charge is 0.271 e. The topological polar surface area (TPSA) is 131 Å². The number of thiophene rings is 1. The lowest BCUT2D eigenvalue weighted by Gasteiger charge is -2.31. The molecule has 1 aromatic heterocycles. The Kier molecular flexibility index (Phi) is 7.18. The van der Waals surface area contributed by atoms with Crippen molar-refractivity contribution in [2.75, 3.05) is 26.9 Å². The quantitative estimate of drug-likeness (QED) is 0.575. The van der Waals surface area contributed by atoms with Crippen molar-refractivity contribution in [2.45, 2.75) is 46.5 Å². The van der Waals surface area contributed by atoms with Crippen LogP contribution in [-0.4, -0.2) is 55.5 Å². The molecular formula is C14H23NO8S3. The molecule has 26 heavy (non-hydrogen) atoms. The SMILES string of the molecule is CCOCC1CC(OC(OC)OCC)c2cc(S(N)(=O)=O)sc2S1(=O)=O. The number of hydrogen-bond acceptors (Lipinski definition) is 9. The van der Waals surface area contributed by atoms with Gasteiger partial charge in [0.25, 0.3) is 6.48 Å². The molecule has 0 saturated heterocycles. The molecule has 1 aliphatic rings. The summed E-state index contributed by atoms with van der Waals surface area (Å²) in [7, 11) is -6.42. The number of nitrogens with two attached hydrogens (primary N) is 1. The Morgan fingerprint density at radius 2 is 2.04 bits per heavy atom. The number of fused-ring (bicyclic) bond motifs is 1. The average molecular weight is 430 g/mol. The second-order valence-electron chi connectivity index (χ2n) is 5.52. The first-order chi connectivity index (χ1) is 12.1. The van der Waals surface area contributed by atoms with E-state index in [1.165, 1.54) is 13.2 Å². The summed E-state index contributed by atoms with van der Waals surface area (Å²) in [4.78, 5) is 0. The molecule has 3 unspecified atom stereocenters. The Morgan fingerprint density at radius 3 is 2.58 bits per heavy atom. The van der Waals surface area contributed by atoms with Crippen molar-refractivity contribution >= 4 is 31.2 Å². The van der Waals surface area contributed by atoms with E-state index in [0.29, 0.717) is 24.6 Å². The average Bonchev–Trinajstić information content (AvgIpc) is 3.02. The maximum atomic E-state index is 12.9. The number of ether oxygens (including phenoxy) is 4. The van der Waals surface area contributed by atoms with E-state index < -0.39 is 37.7 Å². The van der Waals surface area contributed by atoms with Crippen LogP contribution >= 0.6 is 11.3 Å². The van der Waals surface area contributed by atoms with Gasteiger partial charge in [-0.1, -0.05) is 0 Å². The minimum absolute atomic E-state index is 0.0208. The lowest BCUT2D eigenvalue weighted by molar-refractivity contribution is -0.296. The van der Waals surface area contributed by atoms with E-state index in [-0.39, 0.29) is 27.0 Å². The third-order valence-electron chi connectivity index (χ3n) is 3.78. The van der Waals surface area contributed by atoms with Gasteiger partial charge in [0.2, 0.25) is 10.0 Å². The van der Waals surface area contributed by atoms with Gasteiger partial charge in [0.05, 0.1) is 18.0 Å². The predicted molar refractivity (Wildman–Crippen MR) is 94.0 cm³/mol. The zero-order chi connectivity index (χ0) is 19.5. The lowest BCUT2D eigenvalue weighted by Crippen LogP contribution is -2.35. The summed E-state index contributed by atoms with van der Waals surface area (Å²) in [5.41, 5.74) is 0.244. The Hall–Kier alpha value is -0.600. The van der Waals surface area contributed by atoms with Gasteiger partial charge in [-0.2, -0.15) is 0 Å². The minimum Gasteiger partial charge on any atom is -0.380 e. The van der Waals surface area contributed by atoms with Gasteiger partial charge in [-0.25, -0.2) is 22.0 Å². The third kappa shape index (κ3) is 4.62. The lowest BCUT2D eigenvalue weighted by atomic mass is 10.1. The summed E-state index contributed by atoms with van der Waals surface area (Å²) in [6.45, 7) is 3.17. The molecule has 0 amide bonds. The molecule has 0 saturated carbocycles. The van der Waals surface area contributed by atoms with Gasteiger partial charge in [0.15, 0.2) is 9.84 Å². The van der Waals surface area contributed by atoms with Gasteiger partial charge in [-0.15, -0.1) is 11.3 Å². The largest absolute Gasteiger partial charge is 0.380 e. The predicted octanol–water partition coefficient (Wildman–Crippen LogP) is 1.00. The number of sulfonamides is 1. The Bertz CT molecular complexity index is 817. The number of hydrogen-bond donors (Lipinski definition) is 1. The van der Waals surface area contributed by atoms with Gasteiger partial charge < -0.3 is 18.9 Å². The number of methoxy groups -OCH3 is 1. The Balaban J connectivity index is 2.47. The molecule has 1 aromatic rings. The molecule has 2 heterocycles. The highest BCUT2D eigenvalue weighted by Gasteiger charge is 2.43. The van der Waals surface area contributed by atoms with Gasteiger partial charge in [0.1, 0.15) is 8.42 Å². The maximum Gasteiger partial charge on any atom is 0.271 e. The van der Waals surface area contributed by atoms with Crippen LogP contribution < -0.4 is 5.14 Å². The summed E-state index contributed by atoms with van der Waals surface area (Å²) < 4.78 is 70.2. The second-order valence-corrected chi connectivity index (χ2v) is 10.8. The van der Waals surface area contributed by atoms with Crippen molar-refractivity contribution in [1.82, 2.24) is 0 Å². The fraction of sp³-hybridized carbons (Fsp3) is 0.714. The molecule has 0 aliphatic carbocycles. The van der Waals surface area contributed by atoms with Crippen LogP contribution in [0.5, 0.6) is 0 Å². The van der Waals surface area contributed by atoms with Crippen LogP contribution in [0, 0.1) is 0 Å². The molecule has 3 atom stereocenters. The van der Waals surface area contributed by atoms with Crippen LogP contribution in [0.4, 0.5) is 0 Å². The van der Waals surface area contributed by atoms with Crippen molar-refractivity contribution in [3.05, 3.63) is 11.6 Å². The first-order valence-electron chi connectivity index (χ1n) is 7.93. The van der Waals surface area contributed by atoms with Crippen LogP contribution in [-0.2, 0) is 38.8 Å². The van der Waals surface area contributed by atoms with Crippen LogP contribution in [0.3, 0.4) is 0 Å². The molecule has 1 aliphatic heterocycles. The van der Waals surface area contributed by atoms with Crippen LogP contribution in [0.25, 0.3) is 0 Å². The minimum atomic E-state index is -4.04. The van der Waals surface area contributed by atoms with E-state index in [1.807, 2.05) is 0 Å². The second kappa shape index (κ2) is 8.61. The fourth-order valence-electron chi connectivity index (χ4n) is 2.57. The monoisotopic (exact) mass is 429 g/mol. The van der Waals surface area contributed by atoms with Crippen LogP contribution in [0.15, 0.2) is 14.5 Å². The van der Waals surface area contributed by atoms with E-state index >= 15 is 0 Å². The molecule has 0 radical (unpaired) electrons. The van der Waals surface area contributed by atoms with Gasteiger partial charge >= 0.3 is 0 Å².